The summed E-state index contributed by atoms with van der Waals surface area (Å²) in [6, 6.07) is 0. The Bertz CT molecular complexity index is 239. The quantitative estimate of drug-likeness (QED) is 0.407. The Labute approximate surface area is 98.2 Å². The minimum Gasteiger partial charge on any atom is -0.465 e. The van der Waals surface area contributed by atoms with Gasteiger partial charge in [-0.1, -0.05) is 43.4 Å². The van der Waals surface area contributed by atoms with Crippen LogP contribution in [-0.4, -0.2) is 39.3 Å². The van der Waals surface area contributed by atoms with Crippen molar-refractivity contribution >= 4 is 28.7 Å². The standard InChI is InChI=1S/C9H17IN2O2/c1-8(2,3)9(10)6-11-4-5-12(9)7(13)14/h11H,4-6H2,1-3H3,(H,13,14). The van der Waals surface area contributed by atoms with Crippen molar-refractivity contribution in [3.8, 4) is 0 Å². The van der Waals surface area contributed by atoms with E-state index in [1.807, 2.05) is 0 Å². The molecule has 1 heterocycles. The van der Waals surface area contributed by atoms with Crippen molar-refractivity contribution < 1.29 is 9.90 Å². The van der Waals surface area contributed by atoms with E-state index >= 15 is 0 Å². The number of carbonyl (C=O) groups is 1. The predicted octanol–water partition coefficient (Wildman–Crippen LogP) is 1.75. The molecular formula is C9H17IN2O2. The van der Waals surface area contributed by atoms with Gasteiger partial charge in [0, 0.05) is 19.6 Å². The lowest BCUT2D eigenvalue weighted by atomic mass is 9.84. The van der Waals surface area contributed by atoms with Crippen molar-refractivity contribution in [3.63, 3.8) is 0 Å². The largest absolute Gasteiger partial charge is 0.465 e. The molecule has 5 heteroatoms. The van der Waals surface area contributed by atoms with E-state index in [9.17, 15) is 4.79 Å². The molecule has 1 aliphatic rings. The van der Waals surface area contributed by atoms with Crippen molar-refractivity contribution in [2.24, 2.45) is 5.41 Å². The molecule has 0 aromatic rings. The van der Waals surface area contributed by atoms with E-state index in [0.717, 1.165) is 6.54 Å². The first-order chi connectivity index (χ1) is 6.29. The van der Waals surface area contributed by atoms with E-state index in [0.29, 0.717) is 13.1 Å². The highest BCUT2D eigenvalue weighted by molar-refractivity contribution is 14.1. The summed E-state index contributed by atoms with van der Waals surface area (Å²) in [5, 5.41) is 12.4. The Morgan fingerprint density at radius 1 is 1.57 bits per heavy atom. The topological polar surface area (TPSA) is 52.6 Å². The normalized spacial score (nSPS) is 29.0. The fraction of sp³-hybridized carbons (Fsp3) is 0.889. The van der Waals surface area contributed by atoms with Gasteiger partial charge in [0.15, 0.2) is 0 Å². The van der Waals surface area contributed by atoms with E-state index in [1.165, 1.54) is 0 Å². The third-order valence-electron chi connectivity index (χ3n) is 2.68. The summed E-state index contributed by atoms with van der Waals surface area (Å²) in [6.07, 6.45) is -0.823. The van der Waals surface area contributed by atoms with Crippen LogP contribution < -0.4 is 5.32 Å². The SMILES string of the molecule is CC(C)(C)C1(I)CNCCN1C(=O)O. The van der Waals surface area contributed by atoms with Crippen molar-refractivity contribution in [1.82, 2.24) is 10.2 Å². The molecule has 82 valence electrons. The summed E-state index contributed by atoms with van der Waals surface area (Å²) in [5.74, 6) is 0. The molecule has 0 bridgehead atoms. The molecule has 4 nitrogen and oxygen atoms in total. The van der Waals surface area contributed by atoms with Crippen molar-refractivity contribution in [2.75, 3.05) is 19.6 Å². The number of halogens is 1. The molecule has 0 aromatic heterocycles. The number of piperazine rings is 1. The maximum Gasteiger partial charge on any atom is 0.408 e. The molecule has 14 heavy (non-hydrogen) atoms. The number of amides is 1. The van der Waals surface area contributed by atoms with Gasteiger partial charge < -0.3 is 10.4 Å². The van der Waals surface area contributed by atoms with Gasteiger partial charge in [-0.05, 0) is 5.41 Å². The van der Waals surface area contributed by atoms with Crippen LogP contribution in [0.15, 0.2) is 0 Å². The van der Waals surface area contributed by atoms with Crippen LogP contribution in [0.4, 0.5) is 4.79 Å². The Hall–Kier alpha value is -0.0400. The average Bonchev–Trinajstić information content (AvgIpc) is 2.02. The van der Waals surface area contributed by atoms with E-state index in [2.05, 4.69) is 48.7 Å². The molecule has 1 amide bonds. The third kappa shape index (κ3) is 1.98. The van der Waals surface area contributed by atoms with Crippen LogP contribution in [-0.2, 0) is 0 Å². The molecule has 0 saturated carbocycles. The van der Waals surface area contributed by atoms with Crippen LogP contribution in [0.25, 0.3) is 0 Å². The molecule has 0 spiro atoms. The Morgan fingerprint density at radius 2 is 2.14 bits per heavy atom. The second kappa shape index (κ2) is 3.84. The average molecular weight is 312 g/mol. The van der Waals surface area contributed by atoms with Gasteiger partial charge >= 0.3 is 6.09 Å². The van der Waals surface area contributed by atoms with Crippen LogP contribution in [0.1, 0.15) is 20.8 Å². The minimum absolute atomic E-state index is 0.0701. The summed E-state index contributed by atoms with van der Waals surface area (Å²) >= 11 is 2.26. The highest BCUT2D eigenvalue weighted by Crippen LogP contribution is 2.42. The molecular weight excluding hydrogens is 295 g/mol. The van der Waals surface area contributed by atoms with Crippen LogP contribution in [0, 0.1) is 5.41 Å². The highest BCUT2D eigenvalue weighted by Gasteiger charge is 2.48. The van der Waals surface area contributed by atoms with Gasteiger partial charge in [-0.25, -0.2) is 4.79 Å². The number of carboxylic acid groups (broad SMARTS) is 1. The zero-order valence-corrected chi connectivity index (χ0v) is 11.0. The maximum atomic E-state index is 11.1. The Morgan fingerprint density at radius 3 is 2.50 bits per heavy atom. The van der Waals surface area contributed by atoms with Crippen molar-refractivity contribution in [1.29, 1.82) is 0 Å². The summed E-state index contributed by atoms with van der Waals surface area (Å²) in [4.78, 5) is 12.7. The number of nitrogens with one attached hydrogen (secondary N) is 1. The fourth-order valence-corrected chi connectivity index (χ4v) is 2.35. The van der Waals surface area contributed by atoms with E-state index in [1.54, 1.807) is 4.90 Å². The van der Waals surface area contributed by atoms with E-state index in [-0.39, 0.29) is 8.96 Å². The molecule has 1 rings (SSSR count). The lowest BCUT2D eigenvalue weighted by Gasteiger charge is -2.49. The summed E-state index contributed by atoms with van der Waals surface area (Å²) in [7, 11) is 0. The molecule has 0 radical (unpaired) electrons. The molecule has 0 aliphatic carbocycles. The van der Waals surface area contributed by atoms with Gasteiger partial charge in [0.1, 0.15) is 3.55 Å². The van der Waals surface area contributed by atoms with Gasteiger partial charge in [0.25, 0.3) is 0 Å². The third-order valence-corrected chi connectivity index (χ3v) is 5.26. The molecule has 0 aromatic carbocycles. The summed E-state index contributed by atoms with van der Waals surface area (Å²) < 4.78 is -0.352. The van der Waals surface area contributed by atoms with Gasteiger partial charge in [0.05, 0.1) is 0 Å². The number of nitrogens with zero attached hydrogens (tertiary/aromatic N) is 1. The number of rotatable bonds is 0. The lowest BCUT2D eigenvalue weighted by molar-refractivity contribution is 0.0575. The molecule has 1 atom stereocenters. The van der Waals surface area contributed by atoms with Gasteiger partial charge in [-0.3, -0.25) is 4.90 Å². The second-order valence-corrected chi connectivity index (χ2v) is 6.40. The van der Waals surface area contributed by atoms with Gasteiger partial charge in [-0.15, -0.1) is 0 Å². The minimum atomic E-state index is -0.823. The molecule has 1 aliphatic heterocycles. The van der Waals surface area contributed by atoms with Gasteiger partial charge in [0.2, 0.25) is 0 Å². The first-order valence-electron chi connectivity index (χ1n) is 4.69. The van der Waals surface area contributed by atoms with Crippen molar-refractivity contribution in [2.45, 2.75) is 24.3 Å². The smallest absolute Gasteiger partial charge is 0.408 e. The number of alkyl halides is 1. The Kier molecular flexibility index (Phi) is 3.30. The molecule has 1 fully saturated rings. The van der Waals surface area contributed by atoms with E-state index < -0.39 is 6.09 Å². The van der Waals surface area contributed by atoms with Crippen LogP contribution >= 0.6 is 22.6 Å². The van der Waals surface area contributed by atoms with Gasteiger partial charge in [-0.2, -0.15) is 0 Å². The fourth-order valence-electron chi connectivity index (χ4n) is 1.63. The molecule has 1 saturated heterocycles. The molecule has 1 unspecified atom stereocenters. The second-order valence-electron chi connectivity index (χ2n) is 4.62. The first kappa shape index (κ1) is 12.0. The molecule has 2 N–H and O–H groups in total. The van der Waals surface area contributed by atoms with E-state index in [4.69, 9.17) is 5.11 Å². The van der Waals surface area contributed by atoms with Crippen molar-refractivity contribution in [3.05, 3.63) is 0 Å². The highest BCUT2D eigenvalue weighted by atomic mass is 127. The zero-order valence-electron chi connectivity index (χ0n) is 8.80. The number of hydrogen-bond donors (Lipinski definition) is 2. The maximum absolute atomic E-state index is 11.1. The number of hydrogen-bond acceptors (Lipinski definition) is 2. The van der Waals surface area contributed by atoms with Crippen LogP contribution in [0.3, 0.4) is 0 Å². The van der Waals surface area contributed by atoms with Crippen LogP contribution in [0.5, 0.6) is 0 Å². The van der Waals surface area contributed by atoms with Crippen LogP contribution in [0.2, 0.25) is 0 Å². The lowest BCUT2D eigenvalue weighted by Crippen LogP contribution is -2.64. The predicted molar refractivity (Wildman–Crippen MR) is 63.8 cm³/mol. The summed E-state index contributed by atoms with van der Waals surface area (Å²) in [5.41, 5.74) is -0.0701. The first-order valence-corrected chi connectivity index (χ1v) is 5.77. The zero-order chi connectivity index (χ0) is 11.0. The Balaban J connectivity index is 2.97. The monoisotopic (exact) mass is 312 g/mol. The summed E-state index contributed by atoms with van der Waals surface area (Å²) in [6.45, 7) is 8.24.